The molecule has 0 saturated carbocycles. The van der Waals surface area contributed by atoms with Crippen LogP contribution >= 0.6 is 0 Å². The molecule has 0 aliphatic carbocycles. The number of nitrogens with one attached hydrogen (secondary N) is 1. The lowest BCUT2D eigenvalue weighted by Crippen LogP contribution is -2.37. The fourth-order valence-electron chi connectivity index (χ4n) is 1.82. The molecule has 1 N–H and O–H groups in total. The highest BCUT2D eigenvalue weighted by atomic mass is 19.4. The van der Waals surface area contributed by atoms with Crippen LogP contribution in [-0.2, 0) is 6.18 Å². The molecule has 1 aliphatic rings. The fourth-order valence-corrected chi connectivity index (χ4v) is 1.82. The van der Waals surface area contributed by atoms with Crippen molar-refractivity contribution in [1.29, 1.82) is 0 Å². The number of halogens is 3. The van der Waals surface area contributed by atoms with E-state index in [1.165, 1.54) is 12.1 Å². The molecular formula is C13H16F3N3O. The first-order valence-corrected chi connectivity index (χ1v) is 6.26. The van der Waals surface area contributed by atoms with Crippen molar-refractivity contribution in [2.75, 3.05) is 33.3 Å². The Kier molecular flexibility index (Phi) is 4.36. The van der Waals surface area contributed by atoms with Crippen LogP contribution in [0.25, 0.3) is 0 Å². The standard InChI is InChI=1S/C13H16F3N3O/c1-19-7-5-17-12(19)18-6-8-20-11-4-2-3-10(9-11)13(14,15)16/h2-4,9H,5-8H2,1H3,(H,17,18). The summed E-state index contributed by atoms with van der Waals surface area (Å²) in [5, 5.41) is 3.08. The first kappa shape index (κ1) is 14.5. The number of aliphatic imine (C=N–C) groups is 1. The van der Waals surface area contributed by atoms with E-state index in [4.69, 9.17) is 4.74 Å². The Labute approximate surface area is 115 Å². The number of likely N-dealkylation sites (N-methyl/N-ethyl adjacent to an activating group) is 1. The maximum Gasteiger partial charge on any atom is 0.416 e. The molecule has 0 atom stereocenters. The van der Waals surface area contributed by atoms with E-state index in [1.807, 2.05) is 11.9 Å². The van der Waals surface area contributed by atoms with Crippen molar-refractivity contribution >= 4 is 5.96 Å². The molecule has 1 aliphatic heterocycles. The Hall–Kier alpha value is -1.92. The van der Waals surface area contributed by atoms with E-state index < -0.39 is 11.7 Å². The predicted molar refractivity (Wildman–Crippen MR) is 69.9 cm³/mol. The third-order valence-electron chi connectivity index (χ3n) is 2.87. The number of rotatable bonds is 4. The minimum atomic E-state index is -4.35. The summed E-state index contributed by atoms with van der Waals surface area (Å²) >= 11 is 0. The molecule has 0 saturated heterocycles. The van der Waals surface area contributed by atoms with Gasteiger partial charge in [0.25, 0.3) is 0 Å². The normalized spacial score (nSPS) is 15.2. The maximum absolute atomic E-state index is 12.5. The van der Waals surface area contributed by atoms with Crippen molar-refractivity contribution < 1.29 is 17.9 Å². The Morgan fingerprint density at radius 1 is 1.40 bits per heavy atom. The molecule has 0 fully saturated rings. The molecule has 20 heavy (non-hydrogen) atoms. The number of nitrogens with zero attached hydrogens (tertiary/aromatic N) is 2. The van der Waals surface area contributed by atoms with Crippen LogP contribution in [0.2, 0.25) is 0 Å². The summed E-state index contributed by atoms with van der Waals surface area (Å²) in [6.07, 6.45) is -4.35. The molecule has 4 nitrogen and oxygen atoms in total. The number of alkyl halides is 3. The van der Waals surface area contributed by atoms with Crippen LogP contribution in [0.4, 0.5) is 13.2 Å². The molecule has 7 heteroatoms. The van der Waals surface area contributed by atoms with Crippen molar-refractivity contribution in [3.63, 3.8) is 0 Å². The van der Waals surface area contributed by atoms with Crippen molar-refractivity contribution in [3.8, 4) is 5.75 Å². The van der Waals surface area contributed by atoms with Crippen LogP contribution in [0.5, 0.6) is 5.75 Å². The van der Waals surface area contributed by atoms with E-state index in [2.05, 4.69) is 10.3 Å². The van der Waals surface area contributed by atoms with Gasteiger partial charge in [-0.3, -0.25) is 4.99 Å². The summed E-state index contributed by atoms with van der Waals surface area (Å²) in [5.41, 5.74) is -0.706. The third kappa shape index (κ3) is 3.79. The van der Waals surface area contributed by atoms with Gasteiger partial charge < -0.3 is 15.0 Å². The van der Waals surface area contributed by atoms with Gasteiger partial charge in [0.1, 0.15) is 12.4 Å². The predicted octanol–water partition coefficient (Wildman–Crippen LogP) is 1.98. The van der Waals surface area contributed by atoms with E-state index in [0.29, 0.717) is 6.54 Å². The van der Waals surface area contributed by atoms with E-state index in [-0.39, 0.29) is 12.4 Å². The van der Waals surface area contributed by atoms with Gasteiger partial charge in [-0.15, -0.1) is 0 Å². The molecule has 110 valence electrons. The second kappa shape index (κ2) is 6.02. The van der Waals surface area contributed by atoms with Crippen LogP contribution < -0.4 is 10.1 Å². The van der Waals surface area contributed by atoms with Gasteiger partial charge in [-0.25, -0.2) is 0 Å². The molecule has 0 spiro atoms. The highest BCUT2D eigenvalue weighted by Crippen LogP contribution is 2.31. The number of guanidine groups is 1. The monoisotopic (exact) mass is 287 g/mol. The Morgan fingerprint density at radius 2 is 2.20 bits per heavy atom. The third-order valence-corrected chi connectivity index (χ3v) is 2.87. The Balaban J connectivity index is 1.80. The molecule has 0 bridgehead atoms. The van der Waals surface area contributed by atoms with Crippen LogP contribution in [0.3, 0.4) is 0 Å². The smallest absolute Gasteiger partial charge is 0.416 e. The zero-order valence-electron chi connectivity index (χ0n) is 11.1. The summed E-state index contributed by atoms with van der Waals surface area (Å²) in [4.78, 5) is 6.21. The summed E-state index contributed by atoms with van der Waals surface area (Å²) < 4.78 is 42.8. The largest absolute Gasteiger partial charge is 0.492 e. The topological polar surface area (TPSA) is 36.9 Å². The zero-order chi connectivity index (χ0) is 14.6. The van der Waals surface area contributed by atoms with Crippen LogP contribution in [0, 0.1) is 0 Å². The molecule has 2 rings (SSSR count). The van der Waals surface area contributed by atoms with Crippen LogP contribution in [-0.4, -0.2) is 44.1 Å². The molecule has 1 heterocycles. The highest BCUT2D eigenvalue weighted by Gasteiger charge is 2.30. The molecule has 1 aromatic carbocycles. The first-order valence-electron chi connectivity index (χ1n) is 6.26. The molecule has 0 radical (unpaired) electrons. The van der Waals surface area contributed by atoms with Gasteiger partial charge in [0.05, 0.1) is 18.7 Å². The van der Waals surface area contributed by atoms with E-state index in [9.17, 15) is 13.2 Å². The minimum absolute atomic E-state index is 0.211. The second-order valence-corrected chi connectivity index (χ2v) is 4.43. The second-order valence-electron chi connectivity index (χ2n) is 4.43. The average Bonchev–Trinajstić information content (AvgIpc) is 2.80. The van der Waals surface area contributed by atoms with Gasteiger partial charge in [-0.2, -0.15) is 13.2 Å². The van der Waals surface area contributed by atoms with Crippen LogP contribution in [0.15, 0.2) is 29.3 Å². The van der Waals surface area contributed by atoms with Gasteiger partial charge in [-0.1, -0.05) is 6.07 Å². The van der Waals surface area contributed by atoms with Crippen molar-refractivity contribution in [2.24, 2.45) is 4.99 Å². The number of benzene rings is 1. The van der Waals surface area contributed by atoms with Crippen molar-refractivity contribution in [3.05, 3.63) is 29.8 Å². The fraction of sp³-hybridized carbons (Fsp3) is 0.462. The number of ether oxygens (including phenoxy) is 1. The summed E-state index contributed by atoms with van der Waals surface area (Å²) in [5.74, 6) is 1.00. The van der Waals surface area contributed by atoms with Gasteiger partial charge in [0.2, 0.25) is 0 Å². The molecule has 0 unspecified atom stereocenters. The van der Waals surface area contributed by atoms with Crippen LogP contribution in [0.1, 0.15) is 5.56 Å². The Bertz CT molecular complexity index is 488. The zero-order valence-corrected chi connectivity index (χ0v) is 11.1. The first-order chi connectivity index (χ1) is 9.47. The average molecular weight is 287 g/mol. The summed E-state index contributed by atoms with van der Waals surface area (Å²) in [6, 6.07) is 4.86. The summed E-state index contributed by atoms with van der Waals surface area (Å²) in [6.45, 7) is 2.39. The van der Waals surface area contributed by atoms with Gasteiger partial charge in [-0.05, 0) is 18.2 Å². The molecule has 0 aromatic heterocycles. The van der Waals surface area contributed by atoms with Gasteiger partial charge in [0.15, 0.2) is 5.96 Å². The highest BCUT2D eigenvalue weighted by molar-refractivity contribution is 5.81. The van der Waals surface area contributed by atoms with Crippen molar-refractivity contribution in [1.82, 2.24) is 10.2 Å². The Morgan fingerprint density at radius 3 is 2.85 bits per heavy atom. The SMILES string of the molecule is CN1CCN=C1NCCOc1cccc(C(F)(F)F)c1. The summed E-state index contributed by atoms with van der Waals surface area (Å²) in [7, 11) is 1.92. The quantitative estimate of drug-likeness (QED) is 0.860. The lowest BCUT2D eigenvalue weighted by Gasteiger charge is -2.15. The van der Waals surface area contributed by atoms with E-state index in [1.54, 1.807) is 0 Å². The van der Waals surface area contributed by atoms with Gasteiger partial charge >= 0.3 is 6.18 Å². The van der Waals surface area contributed by atoms with E-state index in [0.717, 1.165) is 31.2 Å². The minimum Gasteiger partial charge on any atom is -0.492 e. The van der Waals surface area contributed by atoms with E-state index >= 15 is 0 Å². The molecular weight excluding hydrogens is 271 g/mol. The van der Waals surface area contributed by atoms with Crippen molar-refractivity contribution in [2.45, 2.75) is 6.18 Å². The maximum atomic E-state index is 12.5. The van der Waals surface area contributed by atoms with Gasteiger partial charge in [0, 0.05) is 13.6 Å². The lowest BCUT2D eigenvalue weighted by atomic mass is 10.2. The number of hydrogen-bond donors (Lipinski definition) is 1. The molecule has 1 aromatic rings. The number of hydrogen-bond acceptors (Lipinski definition) is 4. The lowest BCUT2D eigenvalue weighted by molar-refractivity contribution is -0.137. The molecule has 0 amide bonds.